The van der Waals surface area contributed by atoms with Crippen LogP contribution in [0.4, 0.5) is 10.8 Å². The van der Waals surface area contributed by atoms with Gasteiger partial charge in [-0.25, -0.2) is 9.97 Å². The van der Waals surface area contributed by atoms with E-state index in [4.69, 9.17) is 4.98 Å². The van der Waals surface area contributed by atoms with Gasteiger partial charge in [-0.1, -0.05) is 24.3 Å². The zero-order chi connectivity index (χ0) is 15.8. The minimum atomic E-state index is 0.889. The molecule has 0 bridgehead atoms. The lowest BCUT2D eigenvalue weighted by Crippen LogP contribution is -1.93. The number of fused-ring (bicyclic) bond motifs is 1. The fourth-order valence-corrected chi connectivity index (χ4v) is 3.40. The molecule has 0 saturated carbocycles. The summed E-state index contributed by atoms with van der Waals surface area (Å²) in [7, 11) is 0. The number of benzene rings is 1. The third-order valence-corrected chi connectivity index (χ3v) is 4.60. The molecule has 3 aromatic heterocycles. The van der Waals surface area contributed by atoms with Gasteiger partial charge in [-0.3, -0.25) is 4.40 Å². The van der Waals surface area contributed by atoms with Crippen molar-refractivity contribution in [3.05, 3.63) is 65.3 Å². The van der Waals surface area contributed by atoms with Crippen LogP contribution in [0.1, 0.15) is 11.3 Å². The summed E-state index contributed by atoms with van der Waals surface area (Å²) in [6, 6.07) is 14.2. The average Bonchev–Trinajstić information content (AvgIpc) is 3.12. The number of aromatic nitrogens is 3. The predicted molar refractivity (Wildman–Crippen MR) is 95.5 cm³/mol. The first-order chi connectivity index (χ1) is 11.2. The van der Waals surface area contributed by atoms with E-state index in [1.54, 1.807) is 11.3 Å². The maximum Gasteiger partial charge on any atom is 0.187 e. The van der Waals surface area contributed by atoms with Gasteiger partial charge in [0.05, 0.1) is 11.4 Å². The molecule has 0 saturated heterocycles. The average molecular weight is 320 g/mol. The van der Waals surface area contributed by atoms with Gasteiger partial charge in [-0.05, 0) is 37.6 Å². The molecule has 0 aliphatic rings. The van der Waals surface area contributed by atoms with Crippen molar-refractivity contribution >= 4 is 27.8 Å². The summed E-state index contributed by atoms with van der Waals surface area (Å²) in [6.45, 7) is 4.11. The Balaban J connectivity index is 1.73. The molecule has 3 heterocycles. The maximum atomic E-state index is 4.75. The summed E-state index contributed by atoms with van der Waals surface area (Å²) in [5.74, 6) is 0. The van der Waals surface area contributed by atoms with Crippen molar-refractivity contribution in [1.29, 1.82) is 0 Å². The number of nitrogens with one attached hydrogen (secondary N) is 1. The number of thiazole rings is 1. The minimum absolute atomic E-state index is 0.889. The molecule has 1 N–H and O–H groups in total. The van der Waals surface area contributed by atoms with E-state index in [9.17, 15) is 0 Å². The van der Waals surface area contributed by atoms with Gasteiger partial charge >= 0.3 is 0 Å². The molecule has 114 valence electrons. The Morgan fingerprint density at radius 3 is 2.70 bits per heavy atom. The number of anilines is 2. The molecule has 4 aromatic rings. The Kier molecular flexibility index (Phi) is 3.35. The van der Waals surface area contributed by atoms with E-state index in [0.717, 1.165) is 33.5 Å². The molecule has 0 amide bonds. The summed E-state index contributed by atoms with van der Waals surface area (Å²) in [6.07, 6.45) is 2.03. The zero-order valence-corrected chi connectivity index (χ0v) is 13.8. The molecule has 0 aliphatic heterocycles. The quantitative estimate of drug-likeness (QED) is 0.588. The van der Waals surface area contributed by atoms with Gasteiger partial charge in [0.2, 0.25) is 0 Å². The van der Waals surface area contributed by atoms with Crippen molar-refractivity contribution in [2.45, 2.75) is 13.8 Å². The van der Waals surface area contributed by atoms with E-state index < -0.39 is 0 Å². The number of imidazole rings is 1. The first-order valence-electron chi connectivity index (χ1n) is 7.44. The van der Waals surface area contributed by atoms with Crippen LogP contribution in [-0.4, -0.2) is 14.4 Å². The molecule has 0 atom stereocenters. The van der Waals surface area contributed by atoms with Crippen molar-refractivity contribution in [3.8, 4) is 11.4 Å². The van der Waals surface area contributed by atoms with E-state index >= 15 is 0 Å². The highest BCUT2D eigenvalue weighted by atomic mass is 32.1. The fraction of sp³-hybridized carbons (Fsp3) is 0.111. The molecule has 1 aromatic carbocycles. The second-order valence-corrected chi connectivity index (χ2v) is 6.31. The van der Waals surface area contributed by atoms with Crippen molar-refractivity contribution in [2.24, 2.45) is 0 Å². The van der Waals surface area contributed by atoms with Crippen LogP contribution in [-0.2, 0) is 0 Å². The number of nitrogens with zero attached hydrogens (tertiary/aromatic N) is 3. The number of pyridine rings is 1. The SMILES string of the molecule is Cc1ccccc1Nc1nc(-c2c(C)nc3ccccn23)cs1. The van der Waals surface area contributed by atoms with E-state index in [-0.39, 0.29) is 0 Å². The third-order valence-electron chi connectivity index (χ3n) is 3.84. The maximum absolute atomic E-state index is 4.75. The Bertz CT molecular complexity index is 984. The minimum Gasteiger partial charge on any atom is -0.331 e. The van der Waals surface area contributed by atoms with E-state index in [1.807, 2.05) is 43.5 Å². The van der Waals surface area contributed by atoms with E-state index in [0.29, 0.717) is 0 Å². The second-order valence-electron chi connectivity index (χ2n) is 5.45. The largest absolute Gasteiger partial charge is 0.331 e. The van der Waals surface area contributed by atoms with Gasteiger partial charge in [-0.2, -0.15) is 0 Å². The van der Waals surface area contributed by atoms with Crippen LogP contribution in [0.3, 0.4) is 0 Å². The summed E-state index contributed by atoms with van der Waals surface area (Å²) in [4.78, 5) is 9.35. The number of para-hydroxylation sites is 1. The number of rotatable bonds is 3. The van der Waals surface area contributed by atoms with E-state index in [2.05, 4.69) is 39.1 Å². The van der Waals surface area contributed by atoms with Gasteiger partial charge in [0.15, 0.2) is 5.13 Å². The lowest BCUT2D eigenvalue weighted by Gasteiger charge is -2.05. The first kappa shape index (κ1) is 14.0. The Labute approximate surface area is 138 Å². The predicted octanol–water partition coefficient (Wildman–Crippen LogP) is 4.82. The zero-order valence-electron chi connectivity index (χ0n) is 12.9. The topological polar surface area (TPSA) is 42.2 Å². The highest BCUT2D eigenvalue weighted by Crippen LogP contribution is 2.30. The summed E-state index contributed by atoms with van der Waals surface area (Å²) < 4.78 is 2.09. The highest BCUT2D eigenvalue weighted by molar-refractivity contribution is 7.14. The number of hydrogen-bond donors (Lipinski definition) is 1. The van der Waals surface area contributed by atoms with Crippen LogP contribution in [0.25, 0.3) is 17.0 Å². The molecule has 5 heteroatoms. The third kappa shape index (κ3) is 2.49. The van der Waals surface area contributed by atoms with Crippen molar-refractivity contribution in [2.75, 3.05) is 5.32 Å². The standard InChI is InChI=1S/C18H16N4S/c1-12-7-3-4-8-14(12)20-18-21-15(11-23-18)17-13(2)19-16-9-5-6-10-22(16)17/h3-11H,1-2H3,(H,20,21). The van der Waals surface area contributed by atoms with Crippen LogP contribution in [0.5, 0.6) is 0 Å². The molecule has 0 unspecified atom stereocenters. The molecule has 0 radical (unpaired) electrons. The molecule has 0 spiro atoms. The number of hydrogen-bond acceptors (Lipinski definition) is 4. The van der Waals surface area contributed by atoms with Gasteiger partial charge < -0.3 is 5.32 Å². The Morgan fingerprint density at radius 1 is 1.00 bits per heavy atom. The van der Waals surface area contributed by atoms with Crippen LogP contribution in [0.2, 0.25) is 0 Å². The van der Waals surface area contributed by atoms with Gasteiger partial charge in [0.1, 0.15) is 11.3 Å². The van der Waals surface area contributed by atoms with Gasteiger partial charge in [0, 0.05) is 17.3 Å². The molecule has 0 aliphatic carbocycles. The van der Waals surface area contributed by atoms with Crippen molar-refractivity contribution < 1.29 is 0 Å². The molecular weight excluding hydrogens is 304 g/mol. The summed E-state index contributed by atoms with van der Waals surface area (Å²) in [5, 5.41) is 6.36. The highest BCUT2D eigenvalue weighted by Gasteiger charge is 2.14. The first-order valence-corrected chi connectivity index (χ1v) is 8.32. The summed E-state index contributed by atoms with van der Waals surface area (Å²) in [5.41, 5.74) is 6.22. The smallest absolute Gasteiger partial charge is 0.187 e. The van der Waals surface area contributed by atoms with Gasteiger partial charge in [0.25, 0.3) is 0 Å². The van der Waals surface area contributed by atoms with Crippen LogP contribution >= 0.6 is 11.3 Å². The lowest BCUT2D eigenvalue weighted by molar-refractivity contribution is 1.17. The monoisotopic (exact) mass is 320 g/mol. The van der Waals surface area contributed by atoms with E-state index in [1.165, 1.54) is 5.56 Å². The van der Waals surface area contributed by atoms with Crippen LogP contribution in [0.15, 0.2) is 54.0 Å². The van der Waals surface area contributed by atoms with Crippen molar-refractivity contribution in [1.82, 2.24) is 14.4 Å². The van der Waals surface area contributed by atoms with Crippen molar-refractivity contribution in [3.63, 3.8) is 0 Å². The van der Waals surface area contributed by atoms with Gasteiger partial charge in [-0.15, -0.1) is 11.3 Å². The molecule has 0 fully saturated rings. The molecule has 23 heavy (non-hydrogen) atoms. The molecule has 4 nitrogen and oxygen atoms in total. The Hall–Kier alpha value is -2.66. The summed E-state index contributed by atoms with van der Waals surface area (Å²) >= 11 is 1.61. The lowest BCUT2D eigenvalue weighted by atomic mass is 10.2. The van der Waals surface area contributed by atoms with Crippen LogP contribution in [0, 0.1) is 13.8 Å². The number of aryl methyl sites for hydroxylation is 2. The van der Waals surface area contributed by atoms with Crippen LogP contribution < -0.4 is 5.32 Å². The Morgan fingerprint density at radius 2 is 1.83 bits per heavy atom. The second kappa shape index (κ2) is 5.52. The fourth-order valence-electron chi connectivity index (χ4n) is 2.69. The molecule has 4 rings (SSSR count). The molecular formula is C18H16N4S. The normalized spacial score (nSPS) is 11.0.